The number of carbonyl (C=O) groups is 1. The van der Waals surface area contributed by atoms with Crippen molar-refractivity contribution in [2.45, 2.75) is 27.3 Å². The molecule has 1 amide bonds. The Balaban J connectivity index is 1.82. The van der Waals surface area contributed by atoms with E-state index < -0.39 is 0 Å². The maximum Gasteiger partial charge on any atom is 0.291 e. The van der Waals surface area contributed by atoms with E-state index in [0.29, 0.717) is 11.5 Å². The van der Waals surface area contributed by atoms with E-state index in [1.807, 2.05) is 25.5 Å². The van der Waals surface area contributed by atoms with Crippen LogP contribution in [0.5, 0.6) is 0 Å². The molecule has 6 heteroatoms. The van der Waals surface area contributed by atoms with E-state index in [9.17, 15) is 4.79 Å². The lowest BCUT2D eigenvalue weighted by molar-refractivity contribution is 0.0997. The van der Waals surface area contributed by atoms with E-state index >= 15 is 0 Å². The molecule has 0 spiro atoms. The molecular formula is C16H17N3O3. The van der Waals surface area contributed by atoms with Gasteiger partial charge in [-0.25, -0.2) is 0 Å². The molecule has 3 aromatic heterocycles. The van der Waals surface area contributed by atoms with Crippen molar-refractivity contribution < 1.29 is 13.6 Å². The standard InChI is InChI=1S/C16H17N3O3/c1-4-19-11(3)15(10(2)18-19)17-16(20)14-8-7-13(22-14)12-6-5-9-21-12/h5-9H,4H2,1-3H3,(H,17,20). The first-order valence-corrected chi connectivity index (χ1v) is 7.09. The van der Waals surface area contributed by atoms with Gasteiger partial charge in [0.25, 0.3) is 5.91 Å². The summed E-state index contributed by atoms with van der Waals surface area (Å²) in [6.07, 6.45) is 1.56. The third kappa shape index (κ3) is 2.43. The van der Waals surface area contributed by atoms with Gasteiger partial charge in [0.1, 0.15) is 0 Å². The summed E-state index contributed by atoms with van der Waals surface area (Å²) in [4.78, 5) is 12.3. The van der Waals surface area contributed by atoms with Crippen LogP contribution in [-0.2, 0) is 6.54 Å². The largest absolute Gasteiger partial charge is 0.461 e. The summed E-state index contributed by atoms with van der Waals surface area (Å²) in [6, 6.07) is 6.88. The van der Waals surface area contributed by atoms with Crippen molar-refractivity contribution in [1.29, 1.82) is 0 Å². The molecule has 0 aliphatic carbocycles. The summed E-state index contributed by atoms with van der Waals surface area (Å²) in [5.74, 6) is 1.03. The number of carbonyl (C=O) groups excluding carboxylic acids is 1. The van der Waals surface area contributed by atoms with Gasteiger partial charge in [-0.15, -0.1) is 0 Å². The molecular weight excluding hydrogens is 282 g/mol. The highest BCUT2D eigenvalue weighted by molar-refractivity contribution is 6.03. The Morgan fingerprint density at radius 1 is 1.27 bits per heavy atom. The average Bonchev–Trinajstić information content (AvgIpc) is 3.22. The van der Waals surface area contributed by atoms with Crippen molar-refractivity contribution in [3.05, 3.63) is 47.7 Å². The van der Waals surface area contributed by atoms with Crippen molar-refractivity contribution in [2.75, 3.05) is 5.32 Å². The summed E-state index contributed by atoms with van der Waals surface area (Å²) in [6.45, 7) is 6.56. The number of rotatable bonds is 4. The molecule has 0 saturated carbocycles. The van der Waals surface area contributed by atoms with Crippen LogP contribution in [0.15, 0.2) is 39.4 Å². The highest BCUT2D eigenvalue weighted by Crippen LogP contribution is 2.24. The monoisotopic (exact) mass is 299 g/mol. The van der Waals surface area contributed by atoms with E-state index in [4.69, 9.17) is 8.83 Å². The lowest BCUT2D eigenvalue weighted by Gasteiger charge is -2.04. The van der Waals surface area contributed by atoms with Crippen molar-refractivity contribution in [3.63, 3.8) is 0 Å². The summed E-state index contributed by atoms with van der Waals surface area (Å²) in [7, 11) is 0. The van der Waals surface area contributed by atoms with E-state index in [-0.39, 0.29) is 11.7 Å². The molecule has 114 valence electrons. The molecule has 0 atom stereocenters. The summed E-state index contributed by atoms with van der Waals surface area (Å²) in [5.41, 5.74) is 2.43. The van der Waals surface area contributed by atoms with Crippen LogP contribution < -0.4 is 5.32 Å². The quantitative estimate of drug-likeness (QED) is 0.798. The van der Waals surface area contributed by atoms with Gasteiger partial charge in [0, 0.05) is 6.54 Å². The maximum atomic E-state index is 12.3. The van der Waals surface area contributed by atoms with Gasteiger partial charge in [-0.1, -0.05) is 0 Å². The fourth-order valence-electron chi connectivity index (χ4n) is 2.37. The molecule has 0 radical (unpaired) electrons. The second-order valence-corrected chi connectivity index (χ2v) is 4.96. The Morgan fingerprint density at radius 2 is 2.09 bits per heavy atom. The van der Waals surface area contributed by atoms with Crippen molar-refractivity contribution in [3.8, 4) is 11.5 Å². The molecule has 6 nitrogen and oxygen atoms in total. The fraction of sp³-hybridized carbons (Fsp3) is 0.250. The van der Waals surface area contributed by atoms with Gasteiger partial charge in [0.05, 0.1) is 23.3 Å². The lowest BCUT2D eigenvalue weighted by atomic mass is 10.3. The van der Waals surface area contributed by atoms with Crippen LogP contribution >= 0.6 is 0 Å². The molecule has 0 aromatic carbocycles. The zero-order chi connectivity index (χ0) is 15.7. The molecule has 3 heterocycles. The molecule has 0 aliphatic rings. The smallest absolute Gasteiger partial charge is 0.291 e. The predicted octanol–water partition coefficient (Wildman–Crippen LogP) is 3.63. The molecule has 0 bridgehead atoms. The van der Waals surface area contributed by atoms with E-state index in [1.54, 1.807) is 30.5 Å². The summed E-state index contributed by atoms with van der Waals surface area (Å²) >= 11 is 0. The second-order valence-electron chi connectivity index (χ2n) is 4.96. The summed E-state index contributed by atoms with van der Waals surface area (Å²) < 4.78 is 12.6. The second kappa shape index (κ2) is 5.55. The van der Waals surface area contributed by atoms with Gasteiger partial charge in [-0.2, -0.15) is 5.10 Å². The number of hydrogen-bond acceptors (Lipinski definition) is 4. The van der Waals surface area contributed by atoms with Gasteiger partial charge in [0.15, 0.2) is 17.3 Å². The minimum absolute atomic E-state index is 0.231. The third-order valence-corrected chi connectivity index (χ3v) is 3.51. The average molecular weight is 299 g/mol. The van der Waals surface area contributed by atoms with Crippen molar-refractivity contribution >= 4 is 11.6 Å². The third-order valence-electron chi connectivity index (χ3n) is 3.51. The Hall–Kier alpha value is -2.76. The van der Waals surface area contributed by atoms with Crippen LogP contribution in [0.4, 0.5) is 5.69 Å². The van der Waals surface area contributed by atoms with Crippen LogP contribution in [-0.4, -0.2) is 15.7 Å². The first-order chi connectivity index (χ1) is 10.6. The minimum atomic E-state index is -0.306. The Kier molecular flexibility index (Phi) is 3.58. The summed E-state index contributed by atoms with van der Waals surface area (Å²) in [5, 5.41) is 7.24. The van der Waals surface area contributed by atoms with E-state index in [2.05, 4.69) is 10.4 Å². The number of nitrogens with zero attached hydrogens (tertiary/aromatic N) is 2. The number of hydrogen-bond donors (Lipinski definition) is 1. The number of nitrogens with one attached hydrogen (secondary N) is 1. The van der Waals surface area contributed by atoms with Crippen LogP contribution in [0.3, 0.4) is 0 Å². The Morgan fingerprint density at radius 3 is 2.73 bits per heavy atom. The zero-order valence-corrected chi connectivity index (χ0v) is 12.7. The Labute approximate surface area is 127 Å². The molecule has 3 rings (SSSR count). The molecule has 0 aliphatic heterocycles. The molecule has 1 N–H and O–H groups in total. The van der Waals surface area contributed by atoms with E-state index in [0.717, 1.165) is 23.6 Å². The number of furan rings is 2. The maximum absolute atomic E-state index is 12.3. The Bertz CT molecular complexity index is 797. The first kappa shape index (κ1) is 14.2. The SMILES string of the molecule is CCn1nc(C)c(NC(=O)c2ccc(-c3ccco3)o2)c1C. The minimum Gasteiger partial charge on any atom is -0.461 e. The number of amides is 1. The molecule has 3 aromatic rings. The van der Waals surface area contributed by atoms with Crippen molar-refractivity contribution in [1.82, 2.24) is 9.78 Å². The molecule has 0 unspecified atom stereocenters. The van der Waals surface area contributed by atoms with Crippen molar-refractivity contribution in [2.24, 2.45) is 0 Å². The highest BCUT2D eigenvalue weighted by atomic mass is 16.4. The topological polar surface area (TPSA) is 73.2 Å². The lowest BCUT2D eigenvalue weighted by Crippen LogP contribution is -2.12. The van der Waals surface area contributed by atoms with Gasteiger partial charge in [-0.05, 0) is 45.0 Å². The van der Waals surface area contributed by atoms with Crippen LogP contribution in [0.2, 0.25) is 0 Å². The van der Waals surface area contributed by atoms with Gasteiger partial charge < -0.3 is 14.2 Å². The normalized spacial score (nSPS) is 10.9. The number of aryl methyl sites for hydroxylation is 2. The fourth-order valence-corrected chi connectivity index (χ4v) is 2.37. The predicted molar refractivity (Wildman–Crippen MR) is 81.7 cm³/mol. The number of anilines is 1. The first-order valence-electron chi connectivity index (χ1n) is 7.09. The molecule has 0 fully saturated rings. The molecule has 22 heavy (non-hydrogen) atoms. The van der Waals surface area contributed by atoms with Crippen LogP contribution in [0, 0.1) is 13.8 Å². The zero-order valence-electron chi connectivity index (χ0n) is 12.7. The highest BCUT2D eigenvalue weighted by Gasteiger charge is 2.18. The van der Waals surface area contributed by atoms with Gasteiger partial charge >= 0.3 is 0 Å². The van der Waals surface area contributed by atoms with Crippen LogP contribution in [0.1, 0.15) is 28.9 Å². The van der Waals surface area contributed by atoms with Crippen LogP contribution in [0.25, 0.3) is 11.5 Å². The van der Waals surface area contributed by atoms with Gasteiger partial charge in [0.2, 0.25) is 0 Å². The van der Waals surface area contributed by atoms with Gasteiger partial charge in [-0.3, -0.25) is 9.48 Å². The van der Waals surface area contributed by atoms with E-state index in [1.165, 1.54) is 0 Å². The molecule has 0 saturated heterocycles. The number of aromatic nitrogens is 2.